The van der Waals surface area contributed by atoms with Gasteiger partial charge in [-0.15, -0.1) is 0 Å². The van der Waals surface area contributed by atoms with Gasteiger partial charge in [0.25, 0.3) is 5.91 Å². The summed E-state index contributed by atoms with van der Waals surface area (Å²) in [5, 5.41) is 5.73. The number of carbonyl (C=O) groups is 3. The van der Waals surface area contributed by atoms with Gasteiger partial charge in [0.15, 0.2) is 0 Å². The topological polar surface area (TPSA) is 81.8 Å². The zero-order chi connectivity index (χ0) is 22.2. The van der Waals surface area contributed by atoms with Crippen LogP contribution in [0.25, 0.3) is 0 Å². The molecule has 5 rings (SSSR count). The molecule has 3 amide bonds. The van der Waals surface area contributed by atoms with E-state index in [4.69, 9.17) is 0 Å². The Kier molecular flexibility index (Phi) is 5.88. The number of imide groups is 1. The maximum absolute atomic E-state index is 15.0. The standard InChI is InChI=1S/C24H31FN4O3/c25-19-13-18-17(14-29(24(18)32)20-1-2-22(30)27-23(20)31)12-21(19)28-9-5-16(6-10-28)11-15-3-7-26-8-4-15/h12-13,15-16,20,26H,1-11,14H2,(H,27,30,31). The lowest BCUT2D eigenvalue weighted by Crippen LogP contribution is -2.52. The van der Waals surface area contributed by atoms with Crippen molar-refractivity contribution in [1.29, 1.82) is 0 Å². The highest BCUT2D eigenvalue weighted by Crippen LogP contribution is 2.35. The largest absolute Gasteiger partial charge is 0.369 e. The van der Waals surface area contributed by atoms with Crippen molar-refractivity contribution < 1.29 is 18.8 Å². The van der Waals surface area contributed by atoms with E-state index in [9.17, 15) is 14.4 Å². The fourth-order valence-corrected chi connectivity index (χ4v) is 5.82. The molecule has 1 aromatic carbocycles. The first kappa shape index (κ1) is 21.4. The SMILES string of the molecule is O=C1CCC(N2Cc3cc(N4CCC(CC5CCNCC5)CC4)c(F)cc3C2=O)C(=O)N1. The molecule has 1 atom stereocenters. The molecule has 0 bridgehead atoms. The van der Waals surface area contributed by atoms with E-state index in [0.717, 1.165) is 50.5 Å². The fraction of sp³-hybridized carbons (Fsp3) is 0.625. The summed E-state index contributed by atoms with van der Waals surface area (Å²) in [4.78, 5) is 40.1. The predicted molar refractivity (Wildman–Crippen MR) is 118 cm³/mol. The Balaban J connectivity index is 1.25. The van der Waals surface area contributed by atoms with E-state index < -0.39 is 11.9 Å². The quantitative estimate of drug-likeness (QED) is 0.699. The lowest BCUT2D eigenvalue weighted by atomic mass is 9.83. The van der Waals surface area contributed by atoms with Crippen LogP contribution < -0.4 is 15.5 Å². The van der Waals surface area contributed by atoms with Gasteiger partial charge in [0.05, 0.1) is 5.69 Å². The zero-order valence-corrected chi connectivity index (χ0v) is 18.4. The van der Waals surface area contributed by atoms with Crippen molar-refractivity contribution in [1.82, 2.24) is 15.5 Å². The molecule has 0 aromatic heterocycles. The molecule has 4 heterocycles. The first-order valence-electron chi connectivity index (χ1n) is 11.9. The van der Waals surface area contributed by atoms with Crippen LogP contribution in [0, 0.1) is 17.7 Å². The summed E-state index contributed by atoms with van der Waals surface area (Å²) in [6, 6.07) is 2.45. The Morgan fingerprint density at radius 1 is 0.969 bits per heavy atom. The molecule has 3 fully saturated rings. The summed E-state index contributed by atoms with van der Waals surface area (Å²) in [7, 11) is 0. The molecule has 0 aliphatic carbocycles. The molecular formula is C24H31FN4O3. The van der Waals surface area contributed by atoms with Gasteiger partial charge in [0.1, 0.15) is 11.9 Å². The summed E-state index contributed by atoms with van der Waals surface area (Å²) >= 11 is 0. The molecule has 32 heavy (non-hydrogen) atoms. The number of rotatable bonds is 4. The first-order valence-corrected chi connectivity index (χ1v) is 11.9. The molecule has 7 nitrogen and oxygen atoms in total. The van der Waals surface area contributed by atoms with Crippen LogP contribution in [-0.2, 0) is 16.1 Å². The van der Waals surface area contributed by atoms with E-state index in [1.807, 2.05) is 0 Å². The summed E-state index contributed by atoms with van der Waals surface area (Å²) < 4.78 is 15.0. The molecule has 4 aliphatic rings. The third-order valence-electron chi connectivity index (χ3n) is 7.67. The summed E-state index contributed by atoms with van der Waals surface area (Å²) in [6.07, 6.45) is 6.46. The molecule has 4 aliphatic heterocycles. The minimum Gasteiger partial charge on any atom is -0.369 e. The molecule has 1 unspecified atom stereocenters. The van der Waals surface area contributed by atoms with Crippen LogP contribution in [0.5, 0.6) is 0 Å². The molecule has 0 radical (unpaired) electrons. The number of nitrogens with one attached hydrogen (secondary N) is 2. The third-order valence-corrected chi connectivity index (χ3v) is 7.67. The van der Waals surface area contributed by atoms with Gasteiger partial charge in [-0.2, -0.15) is 0 Å². The molecular weight excluding hydrogens is 411 g/mol. The maximum atomic E-state index is 15.0. The minimum atomic E-state index is -0.676. The molecule has 8 heteroatoms. The van der Waals surface area contributed by atoms with Crippen molar-refractivity contribution >= 4 is 23.4 Å². The highest BCUT2D eigenvalue weighted by molar-refractivity contribution is 6.05. The number of halogens is 1. The van der Waals surface area contributed by atoms with Gasteiger partial charge >= 0.3 is 0 Å². The van der Waals surface area contributed by atoms with Gasteiger partial charge in [-0.25, -0.2) is 4.39 Å². The van der Waals surface area contributed by atoms with Crippen LogP contribution >= 0.6 is 0 Å². The second-order valence-corrected chi connectivity index (χ2v) is 9.72. The second kappa shape index (κ2) is 8.81. The molecule has 2 N–H and O–H groups in total. The maximum Gasteiger partial charge on any atom is 0.255 e. The highest BCUT2D eigenvalue weighted by Gasteiger charge is 2.40. The second-order valence-electron chi connectivity index (χ2n) is 9.72. The minimum absolute atomic E-state index is 0.211. The van der Waals surface area contributed by atoms with E-state index in [-0.39, 0.29) is 30.6 Å². The summed E-state index contributed by atoms with van der Waals surface area (Å²) in [5.41, 5.74) is 1.65. The number of piperidine rings is 3. The van der Waals surface area contributed by atoms with E-state index in [1.54, 1.807) is 6.07 Å². The fourth-order valence-electron chi connectivity index (χ4n) is 5.82. The van der Waals surface area contributed by atoms with E-state index in [1.165, 1.54) is 30.2 Å². The summed E-state index contributed by atoms with van der Waals surface area (Å²) in [6.45, 7) is 4.18. The Morgan fingerprint density at radius 2 is 1.69 bits per heavy atom. The van der Waals surface area contributed by atoms with Crippen LogP contribution in [0.15, 0.2) is 12.1 Å². The van der Waals surface area contributed by atoms with Crippen LogP contribution in [0.1, 0.15) is 60.9 Å². The average Bonchev–Trinajstić information content (AvgIpc) is 3.10. The van der Waals surface area contributed by atoms with Crippen molar-refractivity contribution in [3.05, 3.63) is 29.1 Å². The number of fused-ring (bicyclic) bond motifs is 1. The van der Waals surface area contributed by atoms with Crippen molar-refractivity contribution in [3.63, 3.8) is 0 Å². The number of anilines is 1. The van der Waals surface area contributed by atoms with Crippen molar-refractivity contribution in [3.8, 4) is 0 Å². The molecule has 0 saturated carbocycles. The Hall–Kier alpha value is -2.48. The first-order chi connectivity index (χ1) is 15.5. The lowest BCUT2D eigenvalue weighted by molar-refractivity contribution is -0.136. The van der Waals surface area contributed by atoms with E-state index in [0.29, 0.717) is 23.6 Å². The molecule has 3 saturated heterocycles. The molecule has 0 spiro atoms. The summed E-state index contributed by atoms with van der Waals surface area (Å²) in [5.74, 6) is 0.0520. The van der Waals surface area contributed by atoms with Crippen molar-refractivity contribution in [2.45, 2.75) is 57.5 Å². The number of hydrogen-bond acceptors (Lipinski definition) is 5. The number of amides is 3. The number of nitrogens with zero attached hydrogens (tertiary/aromatic N) is 2. The lowest BCUT2D eigenvalue weighted by Gasteiger charge is -2.36. The Bertz CT molecular complexity index is 922. The van der Waals surface area contributed by atoms with Crippen LogP contribution in [0.4, 0.5) is 10.1 Å². The number of hydrogen-bond donors (Lipinski definition) is 2. The number of carbonyl (C=O) groups excluding carboxylic acids is 3. The average molecular weight is 443 g/mol. The smallest absolute Gasteiger partial charge is 0.255 e. The van der Waals surface area contributed by atoms with Gasteiger partial charge in [-0.05, 0) is 81.1 Å². The van der Waals surface area contributed by atoms with Gasteiger partial charge in [0, 0.05) is 31.6 Å². The number of benzene rings is 1. The highest BCUT2D eigenvalue weighted by atomic mass is 19.1. The normalized spacial score (nSPS) is 25.3. The third kappa shape index (κ3) is 4.12. The van der Waals surface area contributed by atoms with Crippen LogP contribution in [-0.4, -0.2) is 54.8 Å². The Labute approximate surface area is 187 Å². The van der Waals surface area contributed by atoms with Crippen molar-refractivity contribution in [2.75, 3.05) is 31.1 Å². The van der Waals surface area contributed by atoms with Gasteiger partial charge in [-0.1, -0.05) is 0 Å². The molecule has 1 aromatic rings. The predicted octanol–water partition coefficient (Wildman–Crippen LogP) is 2.19. The van der Waals surface area contributed by atoms with Crippen LogP contribution in [0.3, 0.4) is 0 Å². The zero-order valence-electron chi connectivity index (χ0n) is 18.4. The van der Waals surface area contributed by atoms with Gasteiger partial charge in [0.2, 0.25) is 11.8 Å². The molecule has 172 valence electrons. The van der Waals surface area contributed by atoms with Crippen LogP contribution in [0.2, 0.25) is 0 Å². The van der Waals surface area contributed by atoms with Crippen molar-refractivity contribution in [2.24, 2.45) is 11.8 Å². The van der Waals surface area contributed by atoms with E-state index >= 15 is 4.39 Å². The van der Waals surface area contributed by atoms with Gasteiger partial charge in [-0.3, -0.25) is 19.7 Å². The van der Waals surface area contributed by atoms with E-state index in [2.05, 4.69) is 15.5 Å². The Morgan fingerprint density at radius 3 is 2.41 bits per heavy atom. The van der Waals surface area contributed by atoms with Gasteiger partial charge < -0.3 is 15.1 Å². The monoisotopic (exact) mass is 442 g/mol.